The monoisotopic (exact) mass is 289 g/mol. The Morgan fingerprint density at radius 3 is 2.68 bits per heavy atom. The Balaban J connectivity index is 1.94. The number of aldehydes is 1. The topological polar surface area (TPSA) is 68.0 Å². The quantitative estimate of drug-likeness (QED) is 0.576. The van der Waals surface area contributed by atoms with Gasteiger partial charge in [-0.3, -0.25) is 4.79 Å². The minimum atomic E-state index is -0.0845. The van der Waals surface area contributed by atoms with E-state index in [0.29, 0.717) is 12.0 Å². The fraction of sp³-hybridized carbons (Fsp3) is 0. The first-order valence-corrected chi connectivity index (χ1v) is 6.79. The third kappa shape index (κ3) is 1.83. The molecule has 0 saturated heterocycles. The van der Waals surface area contributed by atoms with Crippen molar-refractivity contribution in [3.8, 4) is 11.4 Å². The average Bonchev–Trinajstić information content (AvgIpc) is 2.99. The van der Waals surface area contributed by atoms with Crippen LogP contribution < -0.4 is 0 Å². The van der Waals surface area contributed by atoms with Gasteiger partial charge in [0, 0.05) is 11.5 Å². The van der Waals surface area contributed by atoms with Crippen molar-refractivity contribution in [2.45, 2.75) is 0 Å². The predicted octanol–water partition coefficient (Wildman–Crippen LogP) is 3.09. The number of hydrogen-bond acceptors (Lipinski definition) is 4. The Morgan fingerprint density at radius 2 is 1.86 bits per heavy atom. The molecule has 5 nitrogen and oxygen atoms in total. The maximum Gasteiger partial charge on any atom is 0.153 e. The van der Waals surface area contributed by atoms with E-state index in [9.17, 15) is 9.90 Å². The standard InChI is InChI=1S/C17H11N3O2/c21-10-12-5-7-13(9-16(12)22)20-18-15-8-6-11-3-1-2-4-14(11)17(15)19-20/h1-10,22H. The van der Waals surface area contributed by atoms with Crippen LogP contribution in [0.3, 0.4) is 0 Å². The molecule has 0 spiro atoms. The zero-order chi connectivity index (χ0) is 15.1. The van der Waals surface area contributed by atoms with Crippen molar-refractivity contribution < 1.29 is 9.90 Å². The average molecular weight is 289 g/mol. The first-order chi connectivity index (χ1) is 10.8. The summed E-state index contributed by atoms with van der Waals surface area (Å²) in [5.74, 6) is -0.0845. The maximum absolute atomic E-state index is 10.8. The molecular weight excluding hydrogens is 278 g/mol. The van der Waals surface area contributed by atoms with Crippen LogP contribution in [0.15, 0.2) is 54.6 Å². The molecule has 0 saturated carbocycles. The van der Waals surface area contributed by atoms with Gasteiger partial charge in [0.05, 0.1) is 11.3 Å². The molecule has 0 bridgehead atoms. The van der Waals surface area contributed by atoms with Gasteiger partial charge in [0.15, 0.2) is 6.29 Å². The van der Waals surface area contributed by atoms with Gasteiger partial charge in [-0.2, -0.15) is 4.80 Å². The summed E-state index contributed by atoms with van der Waals surface area (Å²) in [6.07, 6.45) is 0.611. The van der Waals surface area contributed by atoms with Crippen LogP contribution in [0.5, 0.6) is 5.75 Å². The lowest BCUT2D eigenvalue weighted by Crippen LogP contribution is -1.98. The lowest BCUT2D eigenvalue weighted by atomic mass is 10.1. The molecule has 106 valence electrons. The van der Waals surface area contributed by atoms with E-state index in [1.165, 1.54) is 10.9 Å². The molecule has 22 heavy (non-hydrogen) atoms. The van der Waals surface area contributed by atoms with E-state index >= 15 is 0 Å². The number of hydrogen-bond donors (Lipinski definition) is 1. The van der Waals surface area contributed by atoms with Crippen LogP contribution in [0.1, 0.15) is 10.4 Å². The van der Waals surface area contributed by atoms with E-state index in [-0.39, 0.29) is 11.3 Å². The van der Waals surface area contributed by atoms with Gasteiger partial charge in [0.2, 0.25) is 0 Å². The fourth-order valence-electron chi connectivity index (χ4n) is 2.52. The third-order valence-corrected chi connectivity index (χ3v) is 3.65. The molecule has 1 N–H and O–H groups in total. The smallest absolute Gasteiger partial charge is 0.153 e. The summed E-state index contributed by atoms with van der Waals surface area (Å²) in [5.41, 5.74) is 2.42. The minimum Gasteiger partial charge on any atom is -0.507 e. The molecule has 0 aliphatic heterocycles. The summed E-state index contributed by atoms with van der Waals surface area (Å²) in [6.45, 7) is 0. The number of carbonyl (C=O) groups is 1. The number of carbonyl (C=O) groups excluding carboxylic acids is 1. The first-order valence-electron chi connectivity index (χ1n) is 6.79. The van der Waals surface area contributed by atoms with E-state index in [4.69, 9.17) is 0 Å². The molecule has 0 fully saturated rings. The second-order valence-electron chi connectivity index (χ2n) is 5.00. The summed E-state index contributed by atoms with van der Waals surface area (Å²) in [5, 5.41) is 20.9. The highest BCUT2D eigenvalue weighted by Crippen LogP contribution is 2.24. The van der Waals surface area contributed by atoms with Crippen LogP contribution in [-0.4, -0.2) is 26.4 Å². The predicted molar refractivity (Wildman–Crippen MR) is 83.4 cm³/mol. The largest absolute Gasteiger partial charge is 0.507 e. The van der Waals surface area contributed by atoms with Crippen LogP contribution in [0.2, 0.25) is 0 Å². The zero-order valence-electron chi connectivity index (χ0n) is 11.5. The number of phenols is 1. The maximum atomic E-state index is 10.8. The normalized spacial score (nSPS) is 11.1. The van der Waals surface area contributed by atoms with Crippen molar-refractivity contribution in [3.05, 3.63) is 60.2 Å². The van der Waals surface area contributed by atoms with Crippen LogP contribution >= 0.6 is 0 Å². The Hall–Kier alpha value is -3.21. The number of nitrogens with zero attached hydrogens (tertiary/aromatic N) is 3. The molecule has 3 aromatic carbocycles. The lowest BCUT2D eigenvalue weighted by molar-refractivity contribution is 0.112. The zero-order valence-corrected chi connectivity index (χ0v) is 11.5. The number of benzene rings is 3. The number of aromatic nitrogens is 3. The van der Waals surface area contributed by atoms with Crippen LogP contribution in [0, 0.1) is 0 Å². The van der Waals surface area contributed by atoms with Crippen molar-refractivity contribution in [2.75, 3.05) is 0 Å². The number of fused-ring (bicyclic) bond motifs is 3. The highest BCUT2D eigenvalue weighted by atomic mass is 16.3. The minimum absolute atomic E-state index is 0.0845. The van der Waals surface area contributed by atoms with Gasteiger partial charge in [-0.1, -0.05) is 30.3 Å². The van der Waals surface area contributed by atoms with E-state index in [0.717, 1.165) is 21.8 Å². The van der Waals surface area contributed by atoms with Gasteiger partial charge in [-0.15, -0.1) is 10.2 Å². The van der Waals surface area contributed by atoms with Crippen LogP contribution in [-0.2, 0) is 0 Å². The summed E-state index contributed by atoms with van der Waals surface area (Å²) < 4.78 is 0. The Bertz CT molecular complexity index is 1020. The van der Waals surface area contributed by atoms with Crippen molar-refractivity contribution >= 4 is 28.1 Å². The molecule has 4 aromatic rings. The number of phenolic OH excluding ortho intramolecular Hbond substituents is 1. The van der Waals surface area contributed by atoms with Gasteiger partial charge >= 0.3 is 0 Å². The Labute approximate surface area is 125 Å². The molecule has 0 aliphatic carbocycles. The summed E-state index contributed by atoms with van der Waals surface area (Å²) >= 11 is 0. The van der Waals surface area contributed by atoms with Gasteiger partial charge in [0.25, 0.3) is 0 Å². The van der Waals surface area contributed by atoms with Gasteiger partial charge in [0.1, 0.15) is 16.8 Å². The van der Waals surface area contributed by atoms with E-state index in [1.54, 1.807) is 12.1 Å². The highest BCUT2D eigenvalue weighted by molar-refractivity contribution is 6.03. The molecule has 1 heterocycles. The molecule has 0 unspecified atom stereocenters. The molecule has 0 radical (unpaired) electrons. The number of rotatable bonds is 2. The Kier molecular flexibility index (Phi) is 2.66. The molecular formula is C17H11N3O2. The molecule has 0 amide bonds. The summed E-state index contributed by atoms with van der Waals surface area (Å²) in [7, 11) is 0. The van der Waals surface area contributed by atoms with Crippen molar-refractivity contribution in [1.82, 2.24) is 15.0 Å². The third-order valence-electron chi connectivity index (χ3n) is 3.65. The van der Waals surface area contributed by atoms with E-state index in [2.05, 4.69) is 10.2 Å². The van der Waals surface area contributed by atoms with Crippen LogP contribution in [0.4, 0.5) is 0 Å². The molecule has 4 rings (SSSR count). The van der Waals surface area contributed by atoms with Gasteiger partial charge < -0.3 is 5.11 Å². The summed E-state index contributed by atoms with van der Waals surface area (Å²) in [4.78, 5) is 12.2. The SMILES string of the molecule is O=Cc1ccc(-n2nc3ccc4ccccc4c3n2)cc1O. The molecule has 0 atom stereocenters. The summed E-state index contributed by atoms with van der Waals surface area (Å²) in [6, 6.07) is 16.6. The lowest BCUT2D eigenvalue weighted by Gasteiger charge is -2.01. The van der Waals surface area contributed by atoms with E-state index in [1.807, 2.05) is 36.4 Å². The van der Waals surface area contributed by atoms with Gasteiger partial charge in [-0.25, -0.2) is 0 Å². The van der Waals surface area contributed by atoms with Crippen LogP contribution in [0.25, 0.3) is 27.5 Å². The second-order valence-corrected chi connectivity index (χ2v) is 5.00. The van der Waals surface area contributed by atoms with Crippen molar-refractivity contribution in [3.63, 3.8) is 0 Å². The second kappa shape index (κ2) is 4.66. The van der Waals surface area contributed by atoms with E-state index < -0.39 is 0 Å². The van der Waals surface area contributed by atoms with Crippen molar-refractivity contribution in [2.24, 2.45) is 0 Å². The molecule has 1 aromatic heterocycles. The number of aromatic hydroxyl groups is 1. The van der Waals surface area contributed by atoms with Crippen molar-refractivity contribution in [1.29, 1.82) is 0 Å². The van der Waals surface area contributed by atoms with Gasteiger partial charge in [-0.05, 0) is 23.6 Å². The molecule has 5 heteroatoms. The fourth-order valence-corrected chi connectivity index (χ4v) is 2.52. The first kappa shape index (κ1) is 12.5. The highest BCUT2D eigenvalue weighted by Gasteiger charge is 2.09. The molecule has 0 aliphatic rings. The Morgan fingerprint density at radius 1 is 1.00 bits per heavy atom.